The van der Waals surface area contributed by atoms with Gasteiger partial charge >= 0.3 is 5.97 Å². The number of carbonyl (C=O) groups is 3. The summed E-state index contributed by atoms with van der Waals surface area (Å²) in [5.41, 5.74) is 0.400. The monoisotopic (exact) mass is 413 g/mol. The zero-order valence-corrected chi connectivity index (χ0v) is 17.6. The molecule has 2 atom stereocenters. The Morgan fingerprint density at radius 2 is 1.53 bits per heavy atom. The maximum Gasteiger partial charge on any atom is 0.329 e. The number of para-hydroxylation sites is 1. The first-order valence-corrected chi connectivity index (χ1v) is 9.67. The zero-order valence-electron chi connectivity index (χ0n) is 17.6. The second kappa shape index (κ2) is 11.0. The fourth-order valence-electron chi connectivity index (χ4n) is 2.67. The highest BCUT2D eigenvalue weighted by molar-refractivity contribution is 6.00. The zero-order chi connectivity index (χ0) is 22.1. The number of Topliss-reactive ketones (excluding diaryl/α,β-unsaturated/α-hetero) is 1. The molecule has 7 heteroatoms. The second-order valence-electron chi connectivity index (χ2n) is 7.06. The third-order valence-corrected chi connectivity index (χ3v) is 4.39. The van der Waals surface area contributed by atoms with Crippen LogP contribution in [0.5, 0.6) is 11.5 Å². The van der Waals surface area contributed by atoms with Crippen molar-refractivity contribution in [1.29, 1.82) is 0 Å². The van der Waals surface area contributed by atoms with E-state index in [1.807, 2.05) is 6.07 Å². The molecule has 0 bridgehead atoms. The summed E-state index contributed by atoms with van der Waals surface area (Å²) in [7, 11) is 1.53. The van der Waals surface area contributed by atoms with E-state index in [2.05, 4.69) is 5.32 Å². The molecule has 1 N–H and O–H groups in total. The molecule has 0 fully saturated rings. The van der Waals surface area contributed by atoms with E-state index in [9.17, 15) is 14.4 Å². The van der Waals surface area contributed by atoms with Crippen LogP contribution < -0.4 is 14.8 Å². The van der Waals surface area contributed by atoms with Gasteiger partial charge in [0.05, 0.1) is 7.11 Å². The van der Waals surface area contributed by atoms with Crippen LogP contribution in [0.4, 0.5) is 0 Å². The Labute approximate surface area is 176 Å². The number of ketones is 1. The largest absolute Gasteiger partial charge is 0.497 e. The van der Waals surface area contributed by atoms with Gasteiger partial charge in [-0.2, -0.15) is 0 Å². The molecular weight excluding hydrogens is 386 g/mol. The van der Waals surface area contributed by atoms with Crippen LogP contribution in [0.15, 0.2) is 54.6 Å². The van der Waals surface area contributed by atoms with Crippen molar-refractivity contribution in [2.75, 3.05) is 13.7 Å². The molecule has 2 rings (SSSR count). The first-order chi connectivity index (χ1) is 14.3. The molecular formula is C23H27NO6. The van der Waals surface area contributed by atoms with E-state index in [4.69, 9.17) is 14.2 Å². The molecule has 0 aliphatic carbocycles. The highest BCUT2D eigenvalue weighted by Gasteiger charge is 2.29. The Morgan fingerprint density at radius 1 is 0.900 bits per heavy atom. The molecule has 0 aliphatic heterocycles. The van der Waals surface area contributed by atoms with Gasteiger partial charge < -0.3 is 19.5 Å². The van der Waals surface area contributed by atoms with Gasteiger partial charge in [-0.15, -0.1) is 0 Å². The average Bonchev–Trinajstić information content (AvgIpc) is 2.75. The van der Waals surface area contributed by atoms with Gasteiger partial charge in [0.25, 0.3) is 5.91 Å². The molecule has 160 valence electrons. The van der Waals surface area contributed by atoms with Gasteiger partial charge in [0.1, 0.15) is 17.5 Å². The number of hydrogen-bond donors (Lipinski definition) is 1. The lowest BCUT2D eigenvalue weighted by Gasteiger charge is -2.23. The van der Waals surface area contributed by atoms with Crippen molar-refractivity contribution in [3.63, 3.8) is 0 Å². The highest BCUT2D eigenvalue weighted by atomic mass is 16.5. The summed E-state index contributed by atoms with van der Waals surface area (Å²) >= 11 is 0. The van der Waals surface area contributed by atoms with Crippen LogP contribution in [-0.4, -0.2) is 43.5 Å². The van der Waals surface area contributed by atoms with Crippen molar-refractivity contribution in [3.8, 4) is 11.5 Å². The Hall–Kier alpha value is -3.35. The lowest BCUT2D eigenvalue weighted by Crippen LogP contribution is -2.48. The van der Waals surface area contributed by atoms with Gasteiger partial charge in [0.2, 0.25) is 5.78 Å². The second-order valence-corrected chi connectivity index (χ2v) is 7.06. The number of esters is 1. The van der Waals surface area contributed by atoms with E-state index in [-0.39, 0.29) is 18.3 Å². The molecule has 2 aromatic rings. The van der Waals surface area contributed by atoms with E-state index in [1.54, 1.807) is 62.4 Å². The van der Waals surface area contributed by atoms with Crippen LogP contribution in [0.25, 0.3) is 0 Å². The number of rotatable bonds is 10. The lowest BCUT2D eigenvalue weighted by atomic mass is 10.0. The summed E-state index contributed by atoms with van der Waals surface area (Å²) in [6.45, 7) is 4.82. The molecule has 0 heterocycles. The molecule has 2 aromatic carbocycles. The molecule has 0 aliphatic rings. The van der Waals surface area contributed by atoms with Crippen LogP contribution in [-0.2, 0) is 14.3 Å². The van der Waals surface area contributed by atoms with Crippen LogP contribution in [0, 0.1) is 5.92 Å². The molecule has 0 saturated heterocycles. The number of carbonyl (C=O) groups excluding carboxylic acids is 3. The highest BCUT2D eigenvalue weighted by Crippen LogP contribution is 2.15. The fourth-order valence-corrected chi connectivity index (χ4v) is 2.67. The molecule has 30 heavy (non-hydrogen) atoms. The molecule has 0 radical (unpaired) electrons. The van der Waals surface area contributed by atoms with Gasteiger partial charge in [0.15, 0.2) is 12.7 Å². The number of amides is 1. The molecule has 1 amide bonds. The summed E-state index contributed by atoms with van der Waals surface area (Å²) in [4.78, 5) is 37.3. The number of nitrogens with one attached hydrogen (secondary N) is 1. The van der Waals surface area contributed by atoms with Crippen LogP contribution >= 0.6 is 0 Å². The minimum atomic E-state index is -0.996. The summed E-state index contributed by atoms with van der Waals surface area (Å²) in [6, 6.07) is 14.5. The van der Waals surface area contributed by atoms with Gasteiger partial charge in [-0.05, 0) is 49.2 Å². The van der Waals surface area contributed by atoms with Crippen molar-refractivity contribution in [3.05, 3.63) is 60.2 Å². The van der Waals surface area contributed by atoms with E-state index >= 15 is 0 Å². The lowest BCUT2D eigenvalue weighted by molar-refractivity contribution is -0.151. The van der Waals surface area contributed by atoms with Crippen molar-refractivity contribution in [2.24, 2.45) is 5.92 Å². The Balaban J connectivity index is 1.93. The summed E-state index contributed by atoms with van der Waals surface area (Å²) in [5, 5.41) is 2.62. The third kappa shape index (κ3) is 6.62. The van der Waals surface area contributed by atoms with Gasteiger partial charge in [-0.3, -0.25) is 9.59 Å². The van der Waals surface area contributed by atoms with Crippen LogP contribution in [0.2, 0.25) is 0 Å². The van der Waals surface area contributed by atoms with Crippen molar-refractivity contribution in [1.82, 2.24) is 5.32 Å². The van der Waals surface area contributed by atoms with Crippen molar-refractivity contribution >= 4 is 17.7 Å². The predicted molar refractivity (Wildman–Crippen MR) is 112 cm³/mol. The normalized spacial score (nSPS) is 12.6. The van der Waals surface area contributed by atoms with E-state index in [1.165, 1.54) is 14.0 Å². The number of methoxy groups -OCH3 is 1. The first kappa shape index (κ1) is 22.9. The molecule has 0 spiro atoms. The Bertz CT molecular complexity index is 848. The predicted octanol–water partition coefficient (Wildman–Crippen LogP) is 3.03. The smallest absolute Gasteiger partial charge is 0.329 e. The first-order valence-electron chi connectivity index (χ1n) is 9.67. The summed E-state index contributed by atoms with van der Waals surface area (Å²) in [6.07, 6.45) is -0.996. The topological polar surface area (TPSA) is 90.9 Å². The molecule has 0 unspecified atom stereocenters. The fraction of sp³-hybridized carbons (Fsp3) is 0.348. The Morgan fingerprint density at radius 3 is 2.10 bits per heavy atom. The quantitative estimate of drug-likeness (QED) is 0.476. The molecule has 7 nitrogen and oxygen atoms in total. The van der Waals surface area contributed by atoms with E-state index in [0.29, 0.717) is 17.1 Å². The van der Waals surface area contributed by atoms with Crippen LogP contribution in [0.3, 0.4) is 0 Å². The third-order valence-electron chi connectivity index (χ3n) is 4.39. The number of ether oxygens (including phenoxy) is 3. The van der Waals surface area contributed by atoms with E-state index in [0.717, 1.165) is 0 Å². The number of benzene rings is 2. The van der Waals surface area contributed by atoms with Crippen molar-refractivity contribution < 1.29 is 28.6 Å². The van der Waals surface area contributed by atoms with E-state index < -0.39 is 24.0 Å². The molecule has 0 saturated carbocycles. The van der Waals surface area contributed by atoms with Gasteiger partial charge in [-0.25, -0.2) is 4.79 Å². The minimum Gasteiger partial charge on any atom is -0.497 e. The Kier molecular flexibility index (Phi) is 8.41. The number of hydrogen-bond acceptors (Lipinski definition) is 6. The van der Waals surface area contributed by atoms with Crippen LogP contribution in [0.1, 0.15) is 31.1 Å². The standard InChI is InChI=1S/C23H27NO6/c1-15(2)21(24-20(25)14-29-19-8-6-5-7-9-19)23(27)30-16(3)22(26)17-10-12-18(28-4)13-11-17/h5-13,15-16,21H,14H2,1-4H3,(H,24,25)/t16-,21+/m1/s1. The van der Waals surface area contributed by atoms with Gasteiger partial charge in [0, 0.05) is 5.56 Å². The maximum absolute atomic E-state index is 12.6. The summed E-state index contributed by atoms with van der Waals surface area (Å²) in [5.74, 6) is -0.531. The van der Waals surface area contributed by atoms with Gasteiger partial charge in [-0.1, -0.05) is 32.0 Å². The molecule has 0 aromatic heterocycles. The average molecular weight is 413 g/mol. The maximum atomic E-state index is 12.6. The van der Waals surface area contributed by atoms with Crippen molar-refractivity contribution in [2.45, 2.75) is 32.9 Å². The summed E-state index contributed by atoms with van der Waals surface area (Å²) < 4.78 is 15.8. The SMILES string of the molecule is COc1ccc(C(=O)[C@@H](C)OC(=O)[C@@H](NC(=O)COc2ccccc2)C(C)C)cc1. The minimum absolute atomic E-state index is 0.235.